The van der Waals surface area contributed by atoms with Gasteiger partial charge >= 0.3 is 0 Å². The average molecular weight is 192 g/mol. The fourth-order valence-corrected chi connectivity index (χ4v) is 1.94. The molecule has 0 aliphatic carbocycles. The molecule has 0 aromatic carbocycles. The Morgan fingerprint density at radius 2 is 2.14 bits per heavy atom. The van der Waals surface area contributed by atoms with Crippen LogP contribution in [0.2, 0.25) is 0 Å². The molecule has 1 aliphatic heterocycles. The molecule has 1 aliphatic rings. The molecule has 0 saturated carbocycles. The summed E-state index contributed by atoms with van der Waals surface area (Å²) >= 11 is 0. The Labute approximate surface area is 84.2 Å². The van der Waals surface area contributed by atoms with Crippen LogP contribution in [-0.4, -0.2) is 22.7 Å². The summed E-state index contributed by atoms with van der Waals surface area (Å²) in [5.74, 6) is 0. The second-order valence-corrected chi connectivity index (χ2v) is 3.78. The Bertz CT molecular complexity index is 270. The van der Waals surface area contributed by atoms with E-state index in [1.54, 1.807) is 12.4 Å². The summed E-state index contributed by atoms with van der Waals surface area (Å²) in [5.41, 5.74) is 0.958. The van der Waals surface area contributed by atoms with Crippen molar-refractivity contribution in [3.8, 4) is 0 Å². The van der Waals surface area contributed by atoms with E-state index >= 15 is 0 Å². The van der Waals surface area contributed by atoms with Crippen molar-refractivity contribution in [1.82, 2.24) is 10.3 Å². The normalized spacial score (nSPS) is 24.5. The molecule has 0 amide bonds. The molecular formula is C11H16N2O. The first kappa shape index (κ1) is 9.62. The number of rotatable bonds is 2. The van der Waals surface area contributed by atoms with Crippen molar-refractivity contribution < 1.29 is 5.11 Å². The topological polar surface area (TPSA) is 45.2 Å². The van der Waals surface area contributed by atoms with Crippen molar-refractivity contribution in [2.75, 3.05) is 6.54 Å². The number of hydrogen-bond acceptors (Lipinski definition) is 3. The van der Waals surface area contributed by atoms with Gasteiger partial charge in [-0.3, -0.25) is 4.98 Å². The van der Waals surface area contributed by atoms with Crippen LogP contribution in [0.15, 0.2) is 24.5 Å². The molecule has 2 rings (SSSR count). The zero-order valence-electron chi connectivity index (χ0n) is 8.19. The molecule has 1 aromatic heterocycles. The van der Waals surface area contributed by atoms with E-state index in [9.17, 15) is 5.11 Å². The second-order valence-electron chi connectivity index (χ2n) is 3.78. The van der Waals surface area contributed by atoms with Gasteiger partial charge in [0.1, 0.15) is 0 Å². The van der Waals surface area contributed by atoms with Crippen LogP contribution in [0.4, 0.5) is 0 Å². The molecule has 3 nitrogen and oxygen atoms in total. The van der Waals surface area contributed by atoms with Crippen molar-refractivity contribution in [2.45, 2.75) is 31.4 Å². The summed E-state index contributed by atoms with van der Waals surface area (Å²) in [6, 6.07) is 3.97. The lowest BCUT2D eigenvalue weighted by Gasteiger charge is -2.28. The average Bonchev–Trinajstić information content (AvgIpc) is 2.30. The van der Waals surface area contributed by atoms with Crippen molar-refractivity contribution in [3.05, 3.63) is 30.1 Å². The second kappa shape index (κ2) is 4.53. The maximum Gasteiger partial charge on any atom is 0.0944 e. The lowest BCUT2D eigenvalue weighted by molar-refractivity contribution is 0.114. The Morgan fingerprint density at radius 1 is 1.36 bits per heavy atom. The zero-order valence-corrected chi connectivity index (χ0v) is 8.19. The maximum atomic E-state index is 10.1. The Kier molecular flexibility index (Phi) is 3.11. The summed E-state index contributed by atoms with van der Waals surface area (Å²) < 4.78 is 0. The number of nitrogens with zero attached hydrogens (tertiary/aromatic N) is 1. The monoisotopic (exact) mass is 192 g/mol. The van der Waals surface area contributed by atoms with Gasteiger partial charge in [-0.1, -0.05) is 6.42 Å². The van der Waals surface area contributed by atoms with E-state index in [1.807, 2.05) is 12.1 Å². The van der Waals surface area contributed by atoms with E-state index in [4.69, 9.17) is 0 Å². The third-order valence-corrected chi connectivity index (χ3v) is 2.78. The highest BCUT2D eigenvalue weighted by Crippen LogP contribution is 2.21. The molecule has 1 saturated heterocycles. The number of nitrogens with one attached hydrogen (secondary N) is 1. The van der Waals surface area contributed by atoms with E-state index in [-0.39, 0.29) is 6.04 Å². The fraction of sp³-hybridized carbons (Fsp3) is 0.545. The molecule has 0 spiro atoms. The molecule has 3 heteroatoms. The van der Waals surface area contributed by atoms with Crippen molar-refractivity contribution in [3.63, 3.8) is 0 Å². The Balaban J connectivity index is 2.03. The lowest BCUT2D eigenvalue weighted by atomic mass is 9.96. The summed E-state index contributed by atoms with van der Waals surface area (Å²) in [6.07, 6.45) is 6.55. The molecule has 2 unspecified atom stereocenters. The van der Waals surface area contributed by atoms with Gasteiger partial charge in [-0.15, -0.1) is 0 Å². The minimum absolute atomic E-state index is 0.214. The summed E-state index contributed by atoms with van der Waals surface area (Å²) in [6.45, 7) is 1.02. The molecule has 76 valence electrons. The standard InChI is InChI=1S/C11H16N2O/c14-11(9-4-7-12-8-5-9)10-3-1-2-6-13-10/h4-5,7-8,10-11,13-14H,1-3,6H2. The number of aliphatic hydroxyl groups excluding tert-OH is 1. The number of pyridine rings is 1. The lowest BCUT2D eigenvalue weighted by Crippen LogP contribution is -2.38. The van der Waals surface area contributed by atoms with Crippen LogP contribution >= 0.6 is 0 Å². The number of aromatic nitrogens is 1. The predicted molar refractivity (Wildman–Crippen MR) is 54.8 cm³/mol. The predicted octanol–water partition coefficient (Wildman–Crippen LogP) is 1.26. The van der Waals surface area contributed by atoms with E-state index in [2.05, 4.69) is 10.3 Å². The third-order valence-electron chi connectivity index (χ3n) is 2.78. The first-order valence-electron chi connectivity index (χ1n) is 5.19. The maximum absolute atomic E-state index is 10.1. The van der Waals surface area contributed by atoms with Gasteiger partial charge in [0.2, 0.25) is 0 Å². The quantitative estimate of drug-likeness (QED) is 0.741. The highest BCUT2D eigenvalue weighted by Gasteiger charge is 2.21. The zero-order chi connectivity index (χ0) is 9.80. The minimum Gasteiger partial charge on any atom is -0.387 e. The van der Waals surface area contributed by atoms with E-state index in [0.717, 1.165) is 18.5 Å². The van der Waals surface area contributed by atoms with E-state index in [0.29, 0.717) is 0 Å². The van der Waals surface area contributed by atoms with Crippen molar-refractivity contribution in [1.29, 1.82) is 0 Å². The summed E-state index contributed by atoms with van der Waals surface area (Å²) in [5, 5.41) is 13.4. The minimum atomic E-state index is -0.390. The van der Waals surface area contributed by atoms with Gasteiger partial charge in [0, 0.05) is 18.4 Å². The smallest absolute Gasteiger partial charge is 0.0944 e. The molecule has 1 aromatic rings. The van der Waals surface area contributed by atoms with Crippen LogP contribution < -0.4 is 5.32 Å². The number of piperidine rings is 1. The molecule has 2 N–H and O–H groups in total. The van der Waals surface area contributed by atoms with Crippen molar-refractivity contribution in [2.24, 2.45) is 0 Å². The summed E-state index contributed by atoms with van der Waals surface area (Å²) in [7, 11) is 0. The van der Waals surface area contributed by atoms with Crippen LogP contribution in [0.25, 0.3) is 0 Å². The largest absolute Gasteiger partial charge is 0.387 e. The molecule has 2 heterocycles. The van der Waals surface area contributed by atoms with Gasteiger partial charge in [0.05, 0.1) is 6.10 Å². The van der Waals surface area contributed by atoms with Gasteiger partial charge in [-0.2, -0.15) is 0 Å². The SMILES string of the molecule is OC(c1ccncc1)C1CCCCN1. The van der Waals surface area contributed by atoms with E-state index < -0.39 is 6.10 Å². The third kappa shape index (κ3) is 2.11. The fourth-order valence-electron chi connectivity index (χ4n) is 1.94. The molecular weight excluding hydrogens is 176 g/mol. The number of hydrogen-bond donors (Lipinski definition) is 2. The highest BCUT2D eigenvalue weighted by molar-refractivity contribution is 5.15. The summed E-state index contributed by atoms with van der Waals surface area (Å²) in [4.78, 5) is 3.94. The molecule has 14 heavy (non-hydrogen) atoms. The molecule has 0 radical (unpaired) electrons. The van der Waals surface area contributed by atoms with Gasteiger partial charge < -0.3 is 10.4 Å². The first-order chi connectivity index (χ1) is 6.88. The Morgan fingerprint density at radius 3 is 2.79 bits per heavy atom. The van der Waals surface area contributed by atoms with Crippen LogP contribution in [0.1, 0.15) is 30.9 Å². The van der Waals surface area contributed by atoms with Gasteiger partial charge in [-0.25, -0.2) is 0 Å². The Hall–Kier alpha value is -0.930. The van der Waals surface area contributed by atoms with Crippen molar-refractivity contribution >= 4 is 0 Å². The number of aliphatic hydroxyl groups is 1. The highest BCUT2D eigenvalue weighted by atomic mass is 16.3. The van der Waals surface area contributed by atoms with Crippen LogP contribution in [0.3, 0.4) is 0 Å². The van der Waals surface area contributed by atoms with Gasteiger partial charge in [0.15, 0.2) is 0 Å². The van der Waals surface area contributed by atoms with Crippen LogP contribution in [0.5, 0.6) is 0 Å². The first-order valence-corrected chi connectivity index (χ1v) is 5.19. The molecule has 2 atom stereocenters. The van der Waals surface area contributed by atoms with Gasteiger partial charge in [0.25, 0.3) is 0 Å². The van der Waals surface area contributed by atoms with E-state index in [1.165, 1.54) is 12.8 Å². The molecule has 0 bridgehead atoms. The van der Waals surface area contributed by atoms with Gasteiger partial charge in [-0.05, 0) is 37.1 Å². The van der Waals surface area contributed by atoms with Crippen LogP contribution in [-0.2, 0) is 0 Å². The molecule has 1 fully saturated rings. The van der Waals surface area contributed by atoms with Crippen LogP contribution in [0, 0.1) is 0 Å².